The smallest absolute Gasteiger partial charge is 0.269 e. The fourth-order valence-corrected chi connectivity index (χ4v) is 10.8. The van der Waals surface area contributed by atoms with Crippen LogP contribution in [0.5, 0.6) is 11.5 Å². The minimum Gasteiger partial charge on any atom is -0.458 e. The Labute approximate surface area is 492 Å². The summed E-state index contributed by atoms with van der Waals surface area (Å²) in [4.78, 5) is 4.90. The first-order valence-corrected chi connectivity index (χ1v) is 27.7. The summed E-state index contributed by atoms with van der Waals surface area (Å²) in [6.07, 6.45) is 5.67. The second-order valence-corrected chi connectivity index (χ2v) is 25.3. The number of hydrogen-bond acceptors (Lipinski definition) is 2. The molecule has 81 heavy (non-hydrogen) atoms. The molecule has 402 valence electrons. The van der Waals surface area contributed by atoms with Crippen LogP contribution in [-0.4, -0.2) is 14.1 Å². The Bertz CT molecular complexity index is 4880. The van der Waals surface area contributed by atoms with E-state index < -0.39 is 36.3 Å². The van der Waals surface area contributed by atoms with Gasteiger partial charge in [0.15, 0.2) is 0 Å². The van der Waals surface area contributed by atoms with Crippen LogP contribution in [0.25, 0.3) is 94.5 Å². The fraction of sp³-hybridized carbons (Fsp3) is 0.211. The topological polar surface area (TPSA) is 35.9 Å². The molecule has 0 aliphatic heterocycles. The van der Waals surface area contributed by atoms with E-state index in [1.54, 1.807) is 6.07 Å². The van der Waals surface area contributed by atoms with Crippen molar-refractivity contribution in [3.8, 4) is 73.2 Å². The molecule has 0 fully saturated rings. The van der Waals surface area contributed by atoms with Gasteiger partial charge in [0.1, 0.15) is 17.3 Å². The van der Waals surface area contributed by atoms with Gasteiger partial charge in [-0.2, -0.15) is 0 Å². The minimum atomic E-state index is -0.494. The third-order valence-corrected chi connectivity index (χ3v) is 15.4. The van der Waals surface area contributed by atoms with Crippen LogP contribution in [0.3, 0.4) is 0 Å². The van der Waals surface area contributed by atoms with E-state index in [1.807, 2.05) is 100 Å². The first-order chi connectivity index (χ1) is 42.8. The highest BCUT2D eigenvalue weighted by atomic mass is 16.5. The van der Waals surface area contributed by atoms with Crippen LogP contribution >= 0.6 is 0 Å². The zero-order valence-corrected chi connectivity index (χ0v) is 48.2. The minimum absolute atomic E-state index is 0.0365. The third-order valence-electron chi connectivity index (χ3n) is 15.4. The van der Waals surface area contributed by atoms with E-state index in [2.05, 4.69) is 155 Å². The second-order valence-electron chi connectivity index (χ2n) is 25.3. The molecule has 0 aliphatic carbocycles. The lowest BCUT2D eigenvalue weighted by Gasteiger charge is -2.27. The average molecular weight is 1070 g/mol. The van der Waals surface area contributed by atoms with Gasteiger partial charge < -0.3 is 4.74 Å². The van der Waals surface area contributed by atoms with Crippen molar-refractivity contribution in [2.75, 3.05) is 0 Å². The normalized spacial score (nSPS) is 14.2. The molecule has 0 atom stereocenters. The first kappa shape index (κ1) is 42.1. The number of hydrogen-bond donors (Lipinski definition) is 0. The van der Waals surface area contributed by atoms with Crippen molar-refractivity contribution >= 4 is 32.8 Å². The predicted molar refractivity (Wildman–Crippen MR) is 339 cm³/mol. The van der Waals surface area contributed by atoms with Gasteiger partial charge in [-0.3, -0.25) is 13.7 Å². The Morgan fingerprint density at radius 2 is 1.02 bits per heavy atom. The zero-order valence-electron chi connectivity index (χ0n) is 58.2. The number of para-hydroxylation sites is 1. The molecule has 9 aromatic carbocycles. The van der Waals surface area contributed by atoms with Crippen molar-refractivity contribution < 1.29 is 23.0 Å². The van der Waals surface area contributed by atoms with E-state index >= 15 is 0 Å². The Balaban J connectivity index is 1.16. The molecule has 3 heterocycles. The predicted octanol–water partition coefficient (Wildman–Crippen LogP) is 19.8. The van der Waals surface area contributed by atoms with Gasteiger partial charge in [0.05, 0.1) is 47.1 Å². The van der Waals surface area contributed by atoms with Gasteiger partial charge in [-0.05, 0) is 155 Å². The molecule has 0 unspecified atom stereocenters. The molecule has 0 amide bonds. The molecular formula is C76H72N4O. The second kappa shape index (κ2) is 20.1. The van der Waals surface area contributed by atoms with E-state index in [4.69, 9.17) is 20.7 Å². The highest BCUT2D eigenvalue weighted by Gasteiger charge is 2.27. The molecule has 5 nitrogen and oxygen atoms in total. The van der Waals surface area contributed by atoms with Gasteiger partial charge in [0, 0.05) is 23.0 Å². The lowest BCUT2D eigenvalue weighted by molar-refractivity contribution is -0.571. The molecule has 5 heteroatoms. The van der Waals surface area contributed by atoms with Crippen LogP contribution in [0.15, 0.2) is 218 Å². The maximum atomic E-state index is 9.41. The number of pyridine rings is 1. The van der Waals surface area contributed by atoms with Crippen LogP contribution < -0.4 is 9.30 Å². The van der Waals surface area contributed by atoms with Crippen molar-refractivity contribution in [3.05, 3.63) is 247 Å². The number of aromatic nitrogens is 4. The zero-order chi connectivity index (χ0) is 65.3. The van der Waals surface area contributed by atoms with Crippen molar-refractivity contribution in [2.24, 2.45) is 0 Å². The first-order valence-electron chi connectivity index (χ1n) is 32.7. The largest absolute Gasteiger partial charge is 0.458 e. The Hall–Kier alpha value is -8.80. The highest BCUT2D eigenvalue weighted by molar-refractivity contribution is 6.09. The van der Waals surface area contributed by atoms with Crippen molar-refractivity contribution in [1.82, 2.24) is 14.1 Å². The van der Waals surface area contributed by atoms with Gasteiger partial charge in [-0.15, -0.1) is 0 Å². The van der Waals surface area contributed by atoms with E-state index in [0.717, 1.165) is 61.0 Å². The van der Waals surface area contributed by atoms with Crippen LogP contribution in [0.4, 0.5) is 0 Å². The molecule has 3 aromatic heterocycles. The fourth-order valence-electron chi connectivity index (χ4n) is 10.8. The lowest BCUT2D eigenvalue weighted by Crippen LogP contribution is -2.31. The molecule has 12 rings (SSSR count). The van der Waals surface area contributed by atoms with Crippen LogP contribution in [0.2, 0.25) is 0 Å². The number of nitrogens with zero attached hydrogens (tertiary/aromatic N) is 4. The maximum Gasteiger partial charge on any atom is 0.269 e. The number of rotatable bonds is 9. The quantitative estimate of drug-likeness (QED) is 0.107. The molecule has 0 bridgehead atoms. The van der Waals surface area contributed by atoms with E-state index in [1.165, 1.54) is 0 Å². The van der Waals surface area contributed by atoms with Gasteiger partial charge in [0.2, 0.25) is 0 Å². The third kappa shape index (κ3) is 10.3. The van der Waals surface area contributed by atoms with Crippen LogP contribution in [0.1, 0.15) is 119 Å². The monoisotopic (exact) mass is 1070 g/mol. The Kier molecular flexibility index (Phi) is 10.4. The highest BCUT2D eigenvalue weighted by Crippen LogP contribution is 2.44. The number of ether oxygens (including phenoxy) is 1. The van der Waals surface area contributed by atoms with Crippen molar-refractivity contribution in [1.29, 1.82) is 0 Å². The average Bonchev–Trinajstić information content (AvgIpc) is 1.75. The van der Waals surface area contributed by atoms with Gasteiger partial charge in [-0.25, -0.2) is 4.98 Å². The van der Waals surface area contributed by atoms with Crippen LogP contribution in [-0.2, 0) is 21.7 Å². The molecule has 0 N–H and O–H groups in total. The standard InChI is InChI=1S/C76H72N4O/c1-73(2,3)56-28-21-27-53(39-56)65-42-54(51-25-17-14-18-26-51)43-66(55-40-58(75(7,8)9)45-59(41-55)76(10,11)12)72(65)79-49-78(70-44-52(33-36-68(70)79)50-23-15-13-16-24-50)60-29-22-30-61(47-60)81-62-34-35-64-63-31-19-20-32-67(63)80(69(64)48-62)71-46-57(37-38-77-71)74(4,5)6/h13-48H,1-12H3/i13D,14D,15D,16D,17D,18D,23D,24D,25D,26D. The molecule has 0 spiro atoms. The number of fused-ring (bicyclic) bond motifs is 4. The summed E-state index contributed by atoms with van der Waals surface area (Å²) < 4.78 is 103. The summed E-state index contributed by atoms with van der Waals surface area (Å²) in [6.45, 7) is 26.1. The molecule has 0 radical (unpaired) electrons. The van der Waals surface area contributed by atoms with Crippen molar-refractivity contribution in [2.45, 2.75) is 105 Å². The summed E-state index contributed by atoms with van der Waals surface area (Å²) in [6, 6.07) is 46.3. The van der Waals surface area contributed by atoms with E-state index in [0.29, 0.717) is 56.2 Å². The molecule has 0 saturated carbocycles. The Morgan fingerprint density at radius 1 is 0.432 bits per heavy atom. The summed E-state index contributed by atoms with van der Waals surface area (Å²) in [5.74, 6) is 1.88. The summed E-state index contributed by atoms with van der Waals surface area (Å²) in [5.41, 5.74) is 11.5. The summed E-state index contributed by atoms with van der Waals surface area (Å²) in [5, 5.41) is 2.12. The summed E-state index contributed by atoms with van der Waals surface area (Å²) in [7, 11) is 0. The molecular weight excluding hydrogens is 985 g/mol. The molecule has 0 aliphatic rings. The number of imidazole rings is 1. The maximum absolute atomic E-state index is 9.41. The van der Waals surface area contributed by atoms with Crippen LogP contribution in [0, 0.1) is 6.33 Å². The van der Waals surface area contributed by atoms with E-state index in [-0.39, 0.29) is 57.0 Å². The molecule has 12 aromatic rings. The van der Waals surface area contributed by atoms with E-state index in [9.17, 15) is 2.74 Å². The Morgan fingerprint density at radius 3 is 1.70 bits per heavy atom. The van der Waals surface area contributed by atoms with Gasteiger partial charge >= 0.3 is 0 Å². The van der Waals surface area contributed by atoms with Gasteiger partial charge in [-0.1, -0.05) is 222 Å². The molecule has 0 saturated heterocycles. The number of benzene rings is 9. The van der Waals surface area contributed by atoms with Crippen molar-refractivity contribution in [3.63, 3.8) is 0 Å². The summed E-state index contributed by atoms with van der Waals surface area (Å²) >= 11 is 0. The van der Waals surface area contributed by atoms with Gasteiger partial charge in [0.25, 0.3) is 6.33 Å². The SMILES string of the molecule is [2H]c1c([2H])c([2H])c(-c2cc(-c3cccc(C(C)(C)C)c3)c(-[n+]3[c-]n(-c4cccc(Oc5ccc6c7ccccc7n(-c7cc(C(C)(C)C)ccn7)c6c5)c4)c4cc(-c5c([2H])c([2H])c([2H])c([2H])c5[2H])ccc43)c(-c3cc(C(C)(C)C)cc(C(C)(C)C)c3)c2)c([2H])c1[2H]. The lowest BCUT2D eigenvalue weighted by atomic mass is 9.78.